The lowest BCUT2D eigenvalue weighted by molar-refractivity contribution is -0.387. The maximum Gasteiger partial charge on any atom is 0.283 e. The molecule has 1 heterocycles. The first-order valence-electron chi connectivity index (χ1n) is 7.69. The van der Waals surface area contributed by atoms with Gasteiger partial charge in [0, 0.05) is 24.7 Å². The Morgan fingerprint density at radius 1 is 1.36 bits per heavy atom. The van der Waals surface area contributed by atoms with E-state index in [9.17, 15) is 14.9 Å². The number of hydrogen-bond donors (Lipinski definition) is 0. The summed E-state index contributed by atoms with van der Waals surface area (Å²) in [5.74, 6) is 1.32. The molecule has 0 N–H and O–H groups in total. The fourth-order valence-corrected chi connectivity index (χ4v) is 3.68. The summed E-state index contributed by atoms with van der Waals surface area (Å²) in [5.41, 5.74) is 0.459. The summed E-state index contributed by atoms with van der Waals surface area (Å²) >= 11 is 1.49. The summed E-state index contributed by atoms with van der Waals surface area (Å²) in [7, 11) is 0. The Bertz CT molecular complexity index is 554. The molecule has 5 nitrogen and oxygen atoms in total. The fraction of sp³-hybridized carbons (Fsp3) is 0.562. The van der Waals surface area contributed by atoms with E-state index in [0.29, 0.717) is 16.4 Å². The summed E-state index contributed by atoms with van der Waals surface area (Å²) in [4.78, 5) is 25.6. The number of amides is 1. The molecule has 0 aromatic heterocycles. The van der Waals surface area contributed by atoms with Crippen LogP contribution in [0.5, 0.6) is 0 Å². The Morgan fingerprint density at radius 3 is 2.64 bits per heavy atom. The smallest absolute Gasteiger partial charge is 0.283 e. The van der Waals surface area contributed by atoms with E-state index in [1.165, 1.54) is 17.8 Å². The van der Waals surface area contributed by atoms with Crippen molar-refractivity contribution in [2.24, 2.45) is 5.92 Å². The van der Waals surface area contributed by atoms with E-state index in [4.69, 9.17) is 0 Å². The Morgan fingerprint density at radius 2 is 2.05 bits per heavy atom. The molecule has 1 aromatic carbocycles. The highest BCUT2D eigenvalue weighted by atomic mass is 32.2. The summed E-state index contributed by atoms with van der Waals surface area (Å²) in [5, 5.41) is 11.3. The molecule has 1 aliphatic heterocycles. The zero-order valence-corrected chi connectivity index (χ0v) is 13.9. The number of hydrogen-bond acceptors (Lipinski definition) is 4. The molecule has 0 spiro atoms. The van der Waals surface area contributed by atoms with E-state index in [-0.39, 0.29) is 11.6 Å². The average molecular weight is 322 g/mol. The minimum atomic E-state index is -0.390. The van der Waals surface area contributed by atoms with Gasteiger partial charge < -0.3 is 4.90 Å². The van der Waals surface area contributed by atoms with Gasteiger partial charge in [0.05, 0.1) is 9.82 Å². The van der Waals surface area contributed by atoms with Gasteiger partial charge in [-0.05, 0) is 43.1 Å². The third-order valence-electron chi connectivity index (χ3n) is 3.75. The third-order valence-corrected chi connectivity index (χ3v) is 4.84. The highest BCUT2D eigenvalue weighted by molar-refractivity contribution is 7.99. The second-order valence-electron chi connectivity index (χ2n) is 5.97. The van der Waals surface area contributed by atoms with Crippen LogP contribution < -0.4 is 0 Å². The molecule has 0 unspecified atom stereocenters. The van der Waals surface area contributed by atoms with E-state index < -0.39 is 4.92 Å². The second-order valence-corrected chi connectivity index (χ2v) is 7.11. The summed E-state index contributed by atoms with van der Waals surface area (Å²) in [6, 6.07) is 4.86. The Labute approximate surface area is 135 Å². The number of likely N-dealkylation sites (tertiary alicyclic amines) is 1. The molecular weight excluding hydrogens is 300 g/mol. The molecule has 120 valence electrons. The molecule has 1 saturated heterocycles. The molecule has 0 saturated carbocycles. The van der Waals surface area contributed by atoms with Crippen LogP contribution in [0.15, 0.2) is 23.1 Å². The lowest BCUT2D eigenvalue weighted by Crippen LogP contribution is -2.27. The third kappa shape index (κ3) is 4.22. The molecular formula is C16H22N2O3S. The van der Waals surface area contributed by atoms with E-state index >= 15 is 0 Å². The SMILES string of the molecule is CC(C)CCSc1ccc(C(=O)N2CCCC2)cc1[N+](=O)[O-]. The Balaban J connectivity index is 2.15. The van der Waals surface area contributed by atoms with E-state index in [1.54, 1.807) is 17.0 Å². The van der Waals surface area contributed by atoms with Gasteiger partial charge in [0.1, 0.15) is 0 Å². The van der Waals surface area contributed by atoms with Crippen molar-refractivity contribution in [1.82, 2.24) is 4.90 Å². The van der Waals surface area contributed by atoms with E-state index in [0.717, 1.165) is 38.1 Å². The number of thioether (sulfide) groups is 1. The standard InChI is InChI=1S/C16H22N2O3S/c1-12(2)7-10-22-15-6-5-13(11-14(15)18(20)21)16(19)17-8-3-4-9-17/h5-6,11-12H,3-4,7-10H2,1-2H3. The topological polar surface area (TPSA) is 63.5 Å². The molecule has 6 heteroatoms. The van der Waals surface area contributed by atoms with Crippen molar-refractivity contribution in [3.63, 3.8) is 0 Å². The molecule has 1 amide bonds. The van der Waals surface area contributed by atoms with Crippen molar-refractivity contribution in [2.45, 2.75) is 38.0 Å². The largest absolute Gasteiger partial charge is 0.339 e. The van der Waals surface area contributed by atoms with Gasteiger partial charge in [-0.2, -0.15) is 0 Å². The highest BCUT2D eigenvalue weighted by Crippen LogP contribution is 2.31. The van der Waals surface area contributed by atoms with Gasteiger partial charge in [-0.3, -0.25) is 14.9 Å². The molecule has 0 atom stereocenters. The van der Waals surface area contributed by atoms with Crippen LogP contribution in [-0.2, 0) is 0 Å². The minimum Gasteiger partial charge on any atom is -0.339 e. The molecule has 0 bridgehead atoms. The lowest BCUT2D eigenvalue weighted by Gasteiger charge is -2.15. The second kappa shape index (κ2) is 7.63. The minimum absolute atomic E-state index is 0.0406. The van der Waals surface area contributed by atoms with Crippen LogP contribution in [0.4, 0.5) is 5.69 Å². The summed E-state index contributed by atoms with van der Waals surface area (Å²) in [6.45, 7) is 5.76. The summed E-state index contributed by atoms with van der Waals surface area (Å²) < 4.78 is 0. The quantitative estimate of drug-likeness (QED) is 0.451. The number of nitro groups is 1. The van der Waals surface area contributed by atoms with Gasteiger partial charge >= 0.3 is 0 Å². The van der Waals surface area contributed by atoms with Crippen LogP contribution in [0.3, 0.4) is 0 Å². The molecule has 1 fully saturated rings. The lowest BCUT2D eigenvalue weighted by atomic mass is 10.2. The van der Waals surface area contributed by atoms with Gasteiger partial charge in [0.15, 0.2) is 0 Å². The first kappa shape index (κ1) is 16.8. The number of rotatable bonds is 6. The predicted octanol–water partition coefficient (Wildman–Crippen LogP) is 3.97. The Hall–Kier alpha value is -1.56. The van der Waals surface area contributed by atoms with E-state index in [2.05, 4.69) is 13.8 Å². The van der Waals surface area contributed by atoms with Gasteiger partial charge in [-0.15, -0.1) is 11.8 Å². The fourth-order valence-electron chi connectivity index (χ4n) is 2.42. The number of carbonyl (C=O) groups is 1. The normalized spacial score (nSPS) is 14.6. The number of nitro benzene ring substituents is 1. The first-order chi connectivity index (χ1) is 10.5. The zero-order valence-electron chi connectivity index (χ0n) is 13.1. The van der Waals surface area contributed by atoms with Crippen molar-refractivity contribution in [1.29, 1.82) is 0 Å². The van der Waals surface area contributed by atoms with Crippen LogP contribution in [0.1, 0.15) is 43.5 Å². The van der Waals surface area contributed by atoms with Crippen molar-refractivity contribution in [3.05, 3.63) is 33.9 Å². The zero-order chi connectivity index (χ0) is 16.1. The van der Waals surface area contributed by atoms with Crippen LogP contribution in [0, 0.1) is 16.0 Å². The monoisotopic (exact) mass is 322 g/mol. The van der Waals surface area contributed by atoms with Crippen LogP contribution in [0.2, 0.25) is 0 Å². The van der Waals surface area contributed by atoms with Gasteiger partial charge in [-0.25, -0.2) is 0 Å². The van der Waals surface area contributed by atoms with Gasteiger partial charge in [0.2, 0.25) is 0 Å². The average Bonchev–Trinajstić information content (AvgIpc) is 3.00. The number of carbonyl (C=O) groups excluding carboxylic acids is 1. The molecule has 1 aromatic rings. The molecule has 2 rings (SSSR count). The van der Waals surface area contributed by atoms with Crippen LogP contribution in [0.25, 0.3) is 0 Å². The van der Waals surface area contributed by atoms with Gasteiger partial charge in [-0.1, -0.05) is 13.8 Å². The summed E-state index contributed by atoms with van der Waals surface area (Å²) in [6.07, 6.45) is 3.03. The molecule has 1 aliphatic rings. The van der Waals surface area contributed by atoms with Gasteiger partial charge in [0.25, 0.3) is 11.6 Å². The van der Waals surface area contributed by atoms with Crippen molar-refractivity contribution in [2.75, 3.05) is 18.8 Å². The molecule has 22 heavy (non-hydrogen) atoms. The van der Waals surface area contributed by atoms with Crippen molar-refractivity contribution in [3.8, 4) is 0 Å². The van der Waals surface area contributed by atoms with Crippen LogP contribution in [-0.4, -0.2) is 34.6 Å². The Kier molecular flexibility index (Phi) is 5.83. The highest BCUT2D eigenvalue weighted by Gasteiger charge is 2.23. The maximum absolute atomic E-state index is 12.3. The first-order valence-corrected chi connectivity index (χ1v) is 8.68. The van der Waals surface area contributed by atoms with Crippen molar-refractivity contribution < 1.29 is 9.72 Å². The van der Waals surface area contributed by atoms with Crippen LogP contribution >= 0.6 is 11.8 Å². The maximum atomic E-state index is 12.3. The molecule has 0 aliphatic carbocycles. The number of nitrogens with zero attached hydrogens (tertiary/aromatic N) is 2. The predicted molar refractivity (Wildman–Crippen MR) is 88.4 cm³/mol. The van der Waals surface area contributed by atoms with E-state index in [1.807, 2.05) is 0 Å². The van der Waals surface area contributed by atoms with Crippen molar-refractivity contribution >= 4 is 23.4 Å². The number of benzene rings is 1. The molecule has 0 radical (unpaired) electrons.